The van der Waals surface area contributed by atoms with E-state index in [9.17, 15) is 9.59 Å². The van der Waals surface area contributed by atoms with Gasteiger partial charge in [0.2, 0.25) is 5.91 Å². The van der Waals surface area contributed by atoms with Crippen molar-refractivity contribution in [1.82, 2.24) is 19.6 Å². The number of piperidine rings is 1. The van der Waals surface area contributed by atoms with E-state index in [4.69, 9.17) is 4.74 Å². The Kier molecular flexibility index (Phi) is 6.06. The summed E-state index contributed by atoms with van der Waals surface area (Å²) in [4.78, 5) is 28.6. The van der Waals surface area contributed by atoms with Crippen LogP contribution in [-0.2, 0) is 11.8 Å². The smallest absolute Gasteiger partial charge is 0.274 e. The SMILES string of the molecule is CC(=O)N1C[C@@H](COc2ccccc2)[C@H](C2CCN(C(=O)c3ccn(C)n3)CC2)C1. The molecule has 2 fully saturated rings. The molecule has 2 saturated heterocycles. The molecule has 2 aliphatic heterocycles. The Morgan fingerprint density at radius 2 is 1.80 bits per heavy atom. The number of hydrogen-bond donors (Lipinski definition) is 0. The maximum Gasteiger partial charge on any atom is 0.274 e. The second kappa shape index (κ2) is 8.90. The number of carbonyl (C=O) groups excluding carboxylic acids is 2. The molecule has 2 aromatic rings. The predicted octanol–water partition coefficient (Wildman–Crippen LogP) is 2.45. The van der Waals surface area contributed by atoms with Crippen LogP contribution in [0.2, 0.25) is 0 Å². The van der Waals surface area contributed by atoms with Crippen molar-refractivity contribution in [3.63, 3.8) is 0 Å². The molecule has 3 heterocycles. The topological polar surface area (TPSA) is 67.7 Å². The Labute approximate surface area is 177 Å². The van der Waals surface area contributed by atoms with Crippen LogP contribution >= 0.6 is 0 Å². The van der Waals surface area contributed by atoms with Crippen LogP contribution in [-0.4, -0.2) is 64.2 Å². The van der Waals surface area contributed by atoms with Crippen LogP contribution in [0.1, 0.15) is 30.3 Å². The van der Waals surface area contributed by atoms with Crippen LogP contribution in [0.25, 0.3) is 0 Å². The van der Waals surface area contributed by atoms with E-state index >= 15 is 0 Å². The average Bonchev–Trinajstić information content (AvgIpc) is 3.39. The number of benzene rings is 1. The molecule has 2 atom stereocenters. The molecular weight excluding hydrogens is 380 g/mol. The lowest BCUT2D eigenvalue weighted by molar-refractivity contribution is -0.128. The minimum Gasteiger partial charge on any atom is -0.493 e. The monoisotopic (exact) mass is 410 g/mol. The Morgan fingerprint density at radius 3 is 2.43 bits per heavy atom. The van der Waals surface area contributed by atoms with E-state index in [-0.39, 0.29) is 11.8 Å². The molecule has 160 valence electrons. The van der Waals surface area contributed by atoms with Crippen molar-refractivity contribution in [2.75, 3.05) is 32.8 Å². The molecule has 7 heteroatoms. The Balaban J connectivity index is 1.37. The van der Waals surface area contributed by atoms with Gasteiger partial charge in [0.15, 0.2) is 0 Å². The summed E-state index contributed by atoms with van der Waals surface area (Å²) in [5.74, 6) is 2.22. The first-order chi connectivity index (χ1) is 14.5. The van der Waals surface area contributed by atoms with Crippen molar-refractivity contribution >= 4 is 11.8 Å². The lowest BCUT2D eigenvalue weighted by Crippen LogP contribution is -2.42. The molecule has 0 spiro atoms. The summed E-state index contributed by atoms with van der Waals surface area (Å²) in [6, 6.07) is 11.6. The number of para-hydroxylation sites is 1. The minimum atomic E-state index is 0.00907. The third kappa shape index (κ3) is 4.50. The molecule has 7 nitrogen and oxygen atoms in total. The summed E-state index contributed by atoms with van der Waals surface area (Å²) >= 11 is 0. The fraction of sp³-hybridized carbons (Fsp3) is 0.522. The standard InChI is InChI=1S/C23H30N4O3/c1-17(28)27-14-19(16-30-20-6-4-3-5-7-20)21(15-27)18-8-12-26(13-9-18)23(29)22-10-11-25(2)24-22/h3-7,10-11,18-19,21H,8-9,12-16H2,1-2H3/t19-,21-/m0/s1. The maximum atomic E-state index is 12.7. The largest absolute Gasteiger partial charge is 0.493 e. The normalized spacial score (nSPS) is 22.3. The summed E-state index contributed by atoms with van der Waals surface area (Å²) in [6.07, 6.45) is 3.71. The fourth-order valence-electron chi connectivity index (χ4n) is 4.81. The number of carbonyl (C=O) groups is 2. The van der Waals surface area contributed by atoms with Gasteiger partial charge in [-0.2, -0.15) is 5.10 Å². The van der Waals surface area contributed by atoms with E-state index < -0.39 is 0 Å². The van der Waals surface area contributed by atoms with Crippen LogP contribution in [0.3, 0.4) is 0 Å². The van der Waals surface area contributed by atoms with E-state index in [0.29, 0.717) is 30.1 Å². The Morgan fingerprint density at radius 1 is 1.07 bits per heavy atom. The summed E-state index contributed by atoms with van der Waals surface area (Å²) in [5, 5.41) is 4.24. The first kappa shape index (κ1) is 20.4. The molecule has 0 unspecified atom stereocenters. The van der Waals surface area contributed by atoms with Gasteiger partial charge in [0.25, 0.3) is 5.91 Å². The quantitative estimate of drug-likeness (QED) is 0.759. The van der Waals surface area contributed by atoms with Gasteiger partial charge in [0.05, 0.1) is 6.61 Å². The molecule has 2 amide bonds. The van der Waals surface area contributed by atoms with Crippen molar-refractivity contribution in [3.05, 3.63) is 48.3 Å². The average molecular weight is 411 g/mol. The van der Waals surface area contributed by atoms with Gasteiger partial charge < -0.3 is 14.5 Å². The van der Waals surface area contributed by atoms with E-state index in [1.807, 2.05) is 47.2 Å². The molecule has 2 aliphatic rings. The summed E-state index contributed by atoms with van der Waals surface area (Å²) in [7, 11) is 1.82. The third-order valence-electron chi connectivity index (χ3n) is 6.51. The zero-order chi connectivity index (χ0) is 21.1. The maximum absolute atomic E-state index is 12.7. The lowest BCUT2D eigenvalue weighted by atomic mass is 9.78. The van der Waals surface area contributed by atoms with Gasteiger partial charge in [0, 0.05) is 52.3 Å². The van der Waals surface area contributed by atoms with Crippen molar-refractivity contribution in [2.24, 2.45) is 24.8 Å². The second-order valence-electron chi connectivity index (χ2n) is 8.48. The molecule has 1 aromatic carbocycles. The highest BCUT2D eigenvalue weighted by Crippen LogP contribution is 2.36. The molecule has 1 aromatic heterocycles. The lowest BCUT2D eigenvalue weighted by Gasteiger charge is -2.36. The van der Waals surface area contributed by atoms with Crippen LogP contribution in [0.15, 0.2) is 42.6 Å². The number of ether oxygens (including phenoxy) is 1. The van der Waals surface area contributed by atoms with Crippen molar-refractivity contribution < 1.29 is 14.3 Å². The van der Waals surface area contributed by atoms with Crippen LogP contribution in [0, 0.1) is 17.8 Å². The molecule has 0 bridgehead atoms. The highest BCUT2D eigenvalue weighted by molar-refractivity contribution is 5.92. The molecule has 0 aliphatic carbocycles. The molecular formula is C23H30N4O3. The molecule has 4 rings (SSSR count). The minimum absolute atomic E-state index is 0.00907. The van der Waals surface area contributed by atoms with Gasteiger partial charge in [-0.3, -0.25) is 14.3 Å². The molecule has 30 heavy (non-hydrogen) atoms. The Bertz CT molecular complexity index is 874. The van der Waals surface area contributed by atoms with Crippen molar-refractivity contribution in [1.29, 1.82) is 0 Å². The molecule has 0 radical (unpaired) electrons. The van der Waals surface area contributed by atoms with Gasteiger partial charge >= 0.3 is 0 Å². The highest BCUT2D eigenvalue weighted by Gasteiger charge is 2.40. The second-order valence-corrected chi connectivity index (χ2v) is 8.48. The summed E-state index contributed by atoms with van der Waals surface area (Å²) in [5.41, 5.74) is 0.508. The van der Waals surface area contributed by atoms with Crippen LogP contribution in [0.5, 0.6) is 5.75 Å². The van der Waals surface area contributed by atoms with Crippen molar-refractivity contribution in [2.45, 2.75) is 19.8 Å². The van der Waals surface area contributed by atoms with E-state index in [0.717, 1.165) is 44.8 Å². The number of nitrogens with zero attached hydrogens (tertiary/aromatic N) is 4. The first-order valence-electron chi connectivity index (χ1n) is 10.7. The number of aryl methyl sites for hydroxylation is 1. The zero-order valence-corrected chi connectivity index (χ0v) is 17.7. The number of aromatic nitrogens is 2. The summed E-state index contributed by atoms with van der Waals surface area (Å²) in [6.45, 7) is 5.28. The highest BCUT2D eigenvalue weighted by atomic mass is 16.5. The van der Waals surface area contributed by atoms with Crippen molar-refractivity contribution in [3.8, 4) is 5.75 Å². The number of likely N-dealkylation sites (tertiary alicyclic amines) is 2. The Hall–Kier alpha value is -2.83. The number of amides is 2. The molecule has 0 N–H and O–H groups in total. The van der Waals surface area contributed by atoms with Gasteiger partial charge in [-0.15, -0.1) is 0 Å². The summed E-state index contributed by atoms with van der Waals surface area (Å²) < 4.78 is 7.70. The van der Waals surface area contributed by atoms with Gasteiger partial charge in [-0.25, -0.2) is 0 Å². The zero-order valence-electron chi connectivity index (χ0n) is 17.7. The number of rotatable bonds is 5. The van der Waals surface area contributed by atoms with E-state index in [1.165, 1.54) is 0 Å². The van der Waals surface area contributed by atoms with Gasteiger partial charge in [-0.05, 0) is 42.9 Å². The predicted molar refractivity (Wildman–Crippen MR) is 113 cm³/mol. The van der Waals surface area contributed by atoms with Crippen LogP contribution in [0.4, 0.5) is 0 Å². The fourth-order valence-corrected chi connectivity index (χ4v) is 4.81. The first-order valence-corrected chi connectivity index (χ1v) is 10.7. The van der Waals surface area contributed by atoms with E-state index in [2.05, 4.69) is 5.10 Å². The number of hydrogen-bond acceptors (Lipinski definition) is 4. The van der Waals surface area contributed by atoms with E-state index in [1.54, 1.807) is 23.9 Å². The van der Waals surface area contributed by atoms with Gasteiger partial charge in [0.1, 0.15) is 11.4 Å². The van der Waals surface area contributed by atoms with Gasteiger partial charge in [-0.1, -0.05) is 18.2 Å². The third-order valence-corrected chi connectivity index (χ3v) is 6.51. The molecule has 0 saturated carbocycles. The van der Waals surface area contributed by atoms with Crippen LogP contribution < -0.4 is 4.74 Å².